The van der Waals surface area contributed by atoms with Crippen LogP contribution in [-0.2, 0) is 0 Å². The molecular formula is C18H13N3O3. The molecule has 0 bridgehead atoms. The van der Waals surface area contributed by atoms with Gasteiger partial charge in [0.25, 0.3) is 5.88 Å². The van der Waals surface area contributed by atoms with Gasteiger partial charge in [0, 0.05) is 11.1 Å². The van der Waals surface area contributed by atoms with Gasteiger partial charge in [-0.05, 0) is 43.3 Å². The van der Waals surface area contributed by atoms with E-state index in [1.54, 1.807) is 24.3 Å². The molecule has 6 heteroatoms. The molecule has 24 heavy (non-hydrogen) atoms. The summed E-state index contributed by atoms with van der Waals surface area (Å²) in [7, 11) is 0. The van der Waals surface area contributed by atoms with Crippen molar-refractivity contribution in [3.8, 4) is 23.5 Å². The highest BCUT2D eigenvalue weighted by Gasteiger charge is 2.16. The van der Waals surface area contributed by atoms with Crippen LogP contribution in [0.3, 0.4) is 0 Å². The summed E-state index contributed by atoms with van der Waals surface area (Å²) in [6.07, 6.45) is 0. The maximum Gasteiger partial charge on any atom is 0.359 e. The Kier molecular flexibility index (Phi) is 4.25. The average molecular weight is 319 g/mol. The smallest absolute Gasteiger partial charge is 0.359 e. The Bertz CT molecular complexity index is 917. The lowest BCUT2D eigenvalue weighted by Gasteiger charge is -2.02. The molecule has 6 nitrogen and oxygen atoms in total. The summed E-state index contributed by atoms with van der Waals surface area (Å²) >= 11 is 0. The van der Waals surface area contributed by atoms with Crippen LogP contribution in [0.25, 0.3) is 0 Å². The molecule has 0 amide bonds. The summed E-state index contributed by atoms with van der Waals surface area (Å²) in [4.78, 5) is 11.0. The fourth-order valence-electron chi connectivity index (χ4n) is 1.93. The molecule has 118 valence electrons. The predicted octanol–water partition coefficient (Wildman–Crippen LogP) is 3.00. The molecule has 0 radical (unpaired) electrons. The summed E-state index contributed by atoms with van der Waals surface area (Å²) in [5.74, 6) is 5.33. The van der Waals surface area contributed by atoms with Crippen molar-refractivity contribution in [2.24, 2.45) is 0 Å². The minimum Gasteiger partial charge on any atom is -0.476 e. The number of carbonyl (C=O) groups is 1. The minimum absolute atomic E-state index is 0.0824. The first kappa shape index (κ1) is 15.3. The SMILES string of the molecule is Cc1ccc(C#Cc2ccc(Oc3nn[nH]c3C(=O)O)cc2)cc1. The number of hydrogen-bond acceptors (Lipinski definition) is 4. The maximum absolute atomic E-state index is 11.0. The number of aromatic nitrogens is 3. The van der Waals surface area contributed by atoms with Gasteiger partial charge in [0.2, 0.25) is 5.69 Å². The van der Waals surface area contributed by atoms with Crippen LogP contribution in [0.1, 0.15) is 27.2 Å². The Labute approximate surface area is 138 Å². The van der Waals surface area contributed by atoms with E-state index in [1.165, 1.54) is 5.56 Å². The topological polar surface area (TPSA) is 88.1 Å². The molecule has 0 atom stereocenters. The Morgan fingerprint density at radius 3 is 2.21 bits per heavy atom. The van der Waals surface area contributed by atoms with E-state index >= 15 is 0 Å². The summed E-state index contributed by atoms with van der Waals surface area (Å²) in [6.45, 7) is 2.03. The molecule has 0 aliphatic heterocycles. The third-order valence-corrected chi connectivity index (χ3v) is 3.20. The normalized spacial score (nSPS) is 9.88. The van der Waals surface area contributed by atoms with Gasteiger partial charge in [0.15, 0.2) is 0 Å². The third kappa shape index (κ3) is 3.59. The molecule has 0 spiro atoms. The van der Waals surface area contributed by atoms with Crippen LogP contribution in [0.2, 0.25) is 0 Å². The molecule has 2 aromatic carbocycles. The van der Waals surface area contributed by atoms with Crippen molar-refractivity contribution >= 4 is 5.97 Å². The van der Waals surface area contributed by atoms with Crippen molar-refractivity contribution in [2.45, 2.75) is 6.92 Å². The van der Waals surface area contributed by atoms with Gasteiger partial charge < -0.3 is 9.84 Å². The van der Waals surface area contributed by atoms with Crippen molar-refractivity contribution in [2.75, 3.05) is 0 Å². The minimum atomic E-state index is -1.18. The molecule has 0 unspecified atom stereocenters. The molecule has 0 fully saturated rings. The first-order chi connectivity index (χ1) is 11.6. The second-order valence-electron chi connectivity index (χ2n) is 5.04. The summed E-state index contributed by atoms with van der Waals surface area (Å²) in [5.41, 5.74) is 2.75. The van der Waals surface area contributed by atoms with Gasteiger partial charge in [-0.15, -0.1) is 0 Å². The van der Waals surface area contributed by atoms with Crippen LogP contribution in [0.15, 0.2) is 48.5 Å². The zero-order valence-corrected chi connectivity index (χ0v) is 12.8. The highest BCUT2D eigenvalue weighted by atomic mass is 16.5. The monoisotopic (exact) mass is 319 g/mol. The third-order valence-electron chi connectivity index (χ3n) is 3.20. The summed E-state index contributed by atoms with van der Waals surface area (Å²) in [6, 6.07) is 14.9. The number of hydrogen-bond donors (Lipinski definition) is 2. The van der Waals surface area contributed by atoms with Crippen molar-refractivity contribution in [1.29, 1.82) is 0 Å². The lowest BCUT2D eigenvalue weighted by Crippen LogP contribution is -1.99. The van der Waals surface area contributed by atoms with Crippen LogP contribution < -0.4 is 4.74 Å². The van der Waals surface area contributed by atoms with Gasteiger partial charge in [-0.2, -0.15) is 0 Å². The van der Waals surface area contributed by atoms with E-state index in [4.69, 9.17) is 9.84 Å². The standard InChI is InChI=1S/C18H13N3O3/c1-12-2-4-13(5-3-12)6-7-14-8-10-15(11-9-14)24-17-16(18(22)23)19-21-20-17/h2-5,8-11H,1H3,(H,22,23)(H,19,20,21). The number of nitrogens with zero attached hydrogens (tertiary/aromatic N) is 2. The Balaban J connectivity index is 1.73. The molecule has 3 rings (SSSR count). The number of benzene rings is 2. The van der Waals surface area contributed by atoms with E-state index in [9.17, 15) is 4.79 Å². The Hall–Kier alpha value is -3.59. The van der Waals surface area contributed by atoms with E-state index < -0.39 is 5.97 Å². The average Bonchev–Trinajstić information content (AvgIpc) is 3.04. The number of aromatic carboxylic acids is 1. The molecule has 0 aliphatic rings. The predicted molar refractivity (Wildman–Crippen MR) is 87.0 cm³/mol. The Morgan fingerprint density at radius 2 is 1.62 bits per heavy atom. The van der Waals surface area contributed by atoms with E-state index in [0.29, 0.717) is 5.75 Å². The number of ether oxygens (including phenoxy) is 1. The van der Waals surface area contributed by atoms with Crippen LogP contribution in [0.4, 0.5) is 0 Å². The van der Waals surface area contributed by atoms with E-state index in [1.807, 2.05) is 31.2 Å². The van der Waals surface area contributed by atoms with Crippen molar-refractivity contribution < 1.29 is 14.6 Å². The number of nitrogens with one attached hydrogen (secondary N) is 1. The van der Waals surface area contributed by atoms with E-state index in [-0.39, 0.29) is 11.6 Å². The lowest BCUT2D eigenvalue weighted by molar-refractivity contribution is 0.0687. The van der Waals surface area contributed by atoms with Gasteiger partial charge in [0.05, 0.1) is 0 Å². The molecule has 2 N–H and O–H groups in total. The quantitative estimate of drug-likeness (QED) is 0.725. The van der Waals surface area contributed by atoms with Crippen LogP contribution in [0.5, 0.6) is 11.6 Å². The fourth-order valence-corrected chi connectivity index (χ4v) is 1.93. The van der Waals surface area contributed by atoms with Gasteiger partial charge in [-0.3, -0.25) is 0 Å². The highest BCUT2D eigenvalue weighted by Crippen LogP contribution is 2.21. The van der Waals surface area contributed by atoms with Gasteiger partial charge in [-0.25, -0.2) is 9.89 Å². The number of H-pyrrole nitrogens is 1. The summed E-state index contributed by atoms with van der Waals surface area (Å²) < 4.78 is 5.41. The number of aromatic amines is 1. The van der Waals surface area contributed by atoms with Crippen LogP contribution in [-0.4, -0.2) is 26.5 Å². The number of aryl methyl sites for hydroxylation is 1. The second-order valence-corrected chi connectivity index (χ2v) is 5.04. The molecule has 1 heterocycles. The lowest BCUT2D eigenvalue weighted by atomic mass is 10.1. The number of rotatable bonds is 3. The van der Waals surface area contributed by atoms with Crippen molar-refractivity contribution in [3.63, 3.8) is 0 Å². The zero-order valence-electron chi connectivity index (χ0n) is 12.8. The largest absolute Gasteiger partial charge is 0.476 e. The summed E-state index contributed by atoms with van der Waals surface area (Å²) in [5, 5.41) is 18.3. The van der Waals surface area contributed by atoms with Gasteiger partial charge >= 0.3 is 5.97 Å². The van der Waals surface area contributed by atoms with Gasteiger partial charge in [-0.1, -0.05) is 39.8 Å². The number of carboxylic acids is 1. The number of carboxylic acid groups (broad SMARTS) is 1. The van der Waals surface area contributed by atoms with Crippen LogP contribution in [0, 0.1) is 18.8 Å². The molecule has 0 saturated carbocycles. The van der Waals surface area contributed by atoms with Crippen molar-refractivity contribution in [1.82, 2.24) is 15.4 Å². The molecule has 0 saturated heterocycles. The van der Waals surface area contributed by atoms with Gasteiger partial charge in [0.1, 0.15) is 5.75 Å². The molecule has 0 aliphatic carbocycles. The van der Waals surface area contributed by atoms with Crippen molar-refractivity contribution in [3.05, 3.63) is 70.9 Å². The first-order valence-electron chi connectivity index (χ1n) is 7.13. The highest BCUT2D eigenvalue weighted by molar-refractivity contribution is 5.87. The second kappa shape index (κ2) is 6.67. The molecular weight excluding hydrogens is 306 g/mol. The molecule has 3 aromatic rings. The van der Waals surface area contributed by atoms with Crippen LogP contribution >= 0.6 is 0 Å². The maximum atomic E-state index is 11.0. The zero-order chi connectivity index (χ0) is 16.9. The van der Waals surface area contributed by atoms with E-state index in [0.717, 1.165) is 11.1 Å². The fraction of sp³-hybridized carbons (Fsp3) is 0.0556. The Morgan fingerprint density at radius 1 is 1.04 bits per heavy atom. The molecule has 1 aromatic heterocycles. The van der Waals surface area contributed by atoms with E-state index in [2.05, 4.69) is 27.3 Å². The first-order valence-corrected chi connectivity index (χ1v) is 7.13.